The third kappa shape index (κ3) is 4.15. The van der Waals surface area contributed by atoms with Crippen LogP contribution in [0, 0.1) is 0 Å². The zero-order valence-corrected chi connectivity index (χ0v) is 12.4. The molecule has 0 bridgehead atoms. The average molecular weight is 261 g/mol. The summed E-state index contributed by atoms with van der Waals surface area (Å²) in [7, 11) is 0. The lowest BCUT2D eigenvalue weighted by molar-refractivity contribution is 0.305. The Hall–Kier alpha value is -1.18. The van der Waals surface area contributed by atoms with Crippen LogP contribution in [0.2, 0.25) is 0 Å². The minimum Gasteiger partial charge on any atom is -0.491 e. The SMILES string of the molecule is CCCCCCCOc1cccc2c1NC(C)CC2. The zero-order valence-electron chi connectivity index (χ0n) is 12.4. The lowest BCUT2D eigenvalue weighted by atomic mass is 9.98. The third-order valence-corrected chi connectivity index (χ3v) is 3.86. The van der Waals surface area contributed by atoms with Gasteiger partial charge in [-0.15, -0.1) is 0 Å². The van der Waals surface area contributed by atoms with Gasteiger partial charge in [-0.25, -0.2) is 0 Å². The van der Waals surface area contributed by atoms with Gasteiger partial charge in [0.15, 0.2) is 0 Å². The Morgan fingerprint density at radius 3 is 2.89 bits per heavy atom. The number of aryl methyl sites for hydroxylation is 1. The molecule has 0 saturated carbocycles. The summed E-state index contributed by atoms with van der Waals surface area (Å²) >= 11 is 0. The van der Waals surface area contributed by atoms with Gasteiger partial charge in [0, 0.05) is 6.04 Å². The molecule has 1 unspecified atom stereocenters. The molecule has 1 heterocycles. The van der Waals surface area contributed by atoms with Crippen molar-refractivity contribution in [2.24, 2.45) is 0 Å². The number of fused-ring (bicyclic) bond motifs is 1. The maximum absolute atomic E-state index is 5.97. The van der Waals surface area contributed by atoms with Gasteiger partial charge >= 0.3 is 0 Å². The van der Waals surface area contributed by atoms with Gasteiger partial charge in [-0.3, -0.25) is 0 Å². The van der Waals surface area contributed by atoms with Crippen molar-refractivity contribution in [1.29, 1.82) is 0 Å². The van der Waals surface area contributed by atoms with Crippen LogP contribution in [0.5, 0.6) is 5.75 Å². The monoisotopic (exact) mass is 261 g/mol. The molecule has 0 aliphatic carbocycles. The fraction of sp³-hybridized carbons (Fsp3) is 0.647. The molecule has 1 atom stereocenters. The number of para-hydroxylation sites is 1. The molecule has 1 aromatic carbocycles. The molecule has 0 spiro atoms. The molecule has 19 heavy (non-hydrogen) atoms. The highest BCUT2D eigenvalue weighted by atomic mass is 16.5. The topological polar surface area (TPSA) is 21.3 Å². The molecule has 1 aliphatic rings. The standard InChI is InChI=1S/C17H27NO/c1-3-4-5-6-7-13-19-16-10-8-9-15-12-11-14(2)18-17(15)16/h8-10,14,18H,3-7,11-13H2,1-2H3. The van der Waals surface area contributed by atoms with Gasteiger partial charge in [-0.05, 0) is 37.8 Å². The second-order valence-electron chi connectivity index (χ2n) is 5.64. The van der Waals surface area contributed by atoms with Gasteiger partial charge in [-0.1, -0.05) is 44.7 Å². The summed E-state index contributed by atoms with van der Waals surface area (Å²) < 4.78 is 5.97. The summed E-state index contributed by atoms with van der Waals surface area (Å²) in [6.07, 6.45) is 8.81. The Morgan fingerprint density at radius 1 is 1.21 bits per heavy atom. The molecule has 0 saturated heterocycles. The third-order valence-electron chi connectivity index (χ3n) is 3.86. The van der Waals surface area contributed by atoms with Gasteiger partial charge in [0.2, 0.25) is 0 Å². The van der Waals surface area contributed by atoms with Crippen molar-refractivity contribution in [2.75, 3.05) is 11.9 Å². The molecule has 2 nitrogen and oxygen atoms in total. The fourth-order valence-corrected chi connectivity index (χ4v) is 2.65. The van der Waals surface area contributed by atoms with Crippen LogP contribution < -0.4 is 10.1 Å². The average Bonchev–Trinajstić information content (AvgIpc) is 2.43. The van der Waals surface area contributed by atoms with E-state index in [4.69, 9.17) is 4.74 Å². The predicted molar refractivity (Wildman–Crippen MR) is 82.1 cm³/mol. The van der Waals surface area contributed by atoms with Crippen LogP contribution in [0.3, 0.4) is 0 Å². The highest BCUT2D eigenvalue weighted by Crippen LogP contribution is 2.33. The molecule has 0 amide bonds. The van der Waals surface area contributed by atoms with Crippen molar-refractivity contribution in [2.45, 2.75) is 64.8 Å². The molecule has 106 valence electrons. The summed E-state index contributed by atoms with van der Waals surface area (Å²) in [5.74, 6) is 1.04. The first-order chi connectivity index (χ1) is 9.31. The maximum atomic E-state index is 5.97. The van der Waals surface area contributed by atoms with Crippen LogP contribution in [-0.2, 0) is 6.42 Å². The number of ether oxygens (including phenoxy) is 1. The quantitative estimate of drug-likeness (QED) is 0.713. The minimum absolute atomic E-state index is 0.557. The zero-order chi connectivity index (χ0) is 13.5. The highest BCUT2D eigenvalue weighted by Gasteiger charge is 2.17. The fourth-order valence-electron chi connectivity index (χ4n) is 2.65. The highest BCUT2D eigenvalue weighted by molar-refractivity contribution is 5.63. The van der Waals surface area contributed by atoms with E-state index in [2.05, 4.69) is 37.4 Å². The van der Waals surface area contributed by atoms with Crippen molar-refractivity contribution < 1.29 is 4.74 Å². The molecular formula is C17H27NO. The molecule has 0 aromatic heterocycles. The second kappa shape index (κ2) is 7.42. The molecule has 0 fully saturated rings. The van der Waals surface area contributed by atoms with E-state index in [-0.39, 0.29) is 0 Å². The van der Waals surface area contributed by atoms with E-state index in [0.29, 0.717) is 6.04 Å². The van der Waals surface area contributed by atoms with Crippen LogP contribution in [0.25, 0.3) is 0 Å². The summed E-state index contributed by atoms with van der Waals surface area (Å²) in [6, 6.07) is 6.98. The first-order valence-corrected chi connectivity index (χ1v) is 7.82. The van der Waals surface area contributed by atoms with E-state index < -0.39 is 0 Å². The maximum Gasteiger partial charge on any atom is 0.142 e. The van der Waals surface area contributed by atoms with Gasteiger partial charge in [0.05, 0.1) is 12.3 Å². The van der Waals surface area contributed by atoms with Crippen molar-refractivity contribution >= 4 is 5.69 Å². The number of benzene rings is 1. The Kier molecular flexibility index (Phi) is 5.56. The summed E-state index contributed by atoms with van der Waals surface area (Å²) in [6.45, 7) is 5.33. The number of hydrogen-bond acceptors (Lipinski definition) is 2. The minimum atomic E-state index is 0.557. The van der Waals surface area contributed by atoms with Crippen molar-refractivity contribution in [3.8, 4) is 5.75 Å². The van der Waals surface area contributed by atoms with Gasteiger partial charge in [-0.2, -0.15) is 0 Å². The Balaban J connectivity index is 1.83. The lowest BCUT2D eigenvalue weighted by Gasteiger charge is -2.26. The first-order valence-electron chi connectivity index (χ1n) is 7.82. The van der Waals surface area contributed by atoms with Crippen molar-refractivity contribution in [1.82, 2.24) is 0 Å². The summed E-state index contributed by atoms with van der Waals surface area (Å²) in [4.78, 5) is 0. The van der Waals surface area contributed by atoms with E-state index in [1.54, 1.807) is 0 Å². The van der Waals surface area contributed by atoms with E-state index >= 15 is 0 Å². The van der Waals surface area contributed by atoms with Crippen LogP contribution in [-0.4, -0.2) is 12.6 Å². The van der Waals surface area contributed by atoms with Gasteiger partial charge in [0.25, 0.3) is 0 Å². The number of anilines is 1. The van der Waals surface area contributed by atoms with Crippen LogP contribution in [0.4, 0.5) is 5.69 Å². The molecule has 2 heteroatoms. The van der Waals surface area contributed by atoms with Crippen LogP contribution in [0.1, 0.15) is 57.9 Å². The number of hydrogen-bond donors (Lipinski definition) is 1. The first kappa shape index (κ1) is 14.2. The smallest absolute Gasteiger partial charge is 0.142 e. The number of nitrogens with one attached hydrogen (secondary N) is 1. The molecule has 1 aliphatic heterocycles. The molecular weight excluding hydrogens is 234 g/mol. The van der Waals surface area contributed by atoms with Crippen LogP contribution in [0.15, 0.2) is 18.2 Å². The van der Waals surface area contributed by atoms with Crippen molar-refractivity contribution in [3.05, 3.63) is 23.8 Å². The predicted octanol–water partition coefficient (Wildman–Crippen LogP) is 4.78. The van der Waals surface area contributed by atoms with E-state index in [1.807, 2.05) is 0 Å². The van der Waals surface area contributed by atoms with Crippen LogP contribution >= 0.6 is 0 Å². The molecule has 1 aromatic rings. The van der Waals surface area contributed by atoms with E-state index in [0.717, 1.165) is 18.8 Å². The molecule has 1 N–H and O–H groups in total. The van der Waals surface area contributed by atoms with E-state index in [1.165, 1.54) is 49.8 Å². The largest absolute Gasteiger partial charge is 0.491 e. The lowest BCUT2D eigenvalue weighted by Crippen LogP contribution is -2.22. The Labute approximate surface area is 117 Å². The van der Waals surface area contributed by atoms with Gasteiger partial charge in [0.1, 0.15) is 5.75 Å². The molecule has 0 radical (unpaired) electrons. The number of rotatable bonds is 7. The Morgan fingerprint density at radius 2 is 2.05 bits per heavy atom. The van der Waals surface area contributed by atoms with Crippen molar-refractivity contribution in [3.63, 3.8) is 0 Å². The van der Waals surface area contributed by atoms with E-state index in [9.17, 15) is 0 Å². The summed E-state index contributed by atoms with van der Waals surface area (Å²) in [5.41, 5.74) is 2.64. The molecule has 2 rings (SSSR count). The normalized spacial score (nSPS) is 17.7. The van der Waals surface area contributed by atoms with Gasteiger partial charge < -0.3 is 10.1 Å². The number of unbranched alkanes of at least 4 members (excludes halogenated alkanes) is 4. The second-order valence-corrected chi connectivity index (χ2v) is 5.64. The Bertz CT molecular complexity index is 389. The summed E-state index contributed by atoms with van der Waals surface area (Å²) in [5, 5.41) is 3.56.